The molecular formula is C9H11N5. The fourth-order valence-corrected chi connectivity index (χ4v) is 1.14. The molecule has 1 heterocycles. The van der Waals surface area contributed by atoms with Crippen LogP contribution in [0.5, 0.6) is 0 Å². The van der Waals surface area contributed by atoms with E-state index < -0.39 is 0 Å². The first kappa shape index (κ1) is 8.55. The molecule has 0 bridgehead atoms. The first-order chi connectivity index (χ1) is 6.84. The standard InChI is InChI=1S/C9H11N5/c10-8-12-9(14-13-8)11-6-7-4-2-1-3-5-7/h1-5H,6H2,(H4,10,11,12,13,14). The monoisotopic (exact) mass is 189 g/mol. The van der Waals surface area contributed by atoms with Crippen LogP contribution in [0.25, 0.3) is 0 Å². The summed E-state index contributed by atoms with van der Waals surface area (Å²) in [4.78, 5) is 2.79. The third-order valence-corrected chi connectivity index (χ3v) is 1.81. The zero-order valence-corrected chi connectivity index (χ0v) is 7.57. The van der Waals surface area contributed by atoms with Crippen LogP contribution in [-0.2, 0) is 6.54 Å². The van der Waals surface area contributed by atoms with Gasteiger partial charge in [0.1, 0.15) is 0 Å². The molecule has 0 fully saturated rings. The predicted octanol–water partition coefficient (Wildman–Crippen LogP) is 0.999. The molecule has 0 aliphatic rings. The van der Waals surface area contributed by atoms with Crippen LogP contribution >= 0.6 is 0 Å². The third kappa shape index (κ3) is 2.01. The fraction of sp³-hybridized carbons (Fsp3) is 0.111. The molecule has 0 saturated heterocycles. The van der Waals surface area contributed by atoms with Crippen LogP contribution in [0.2, 0.25) is 0 Å². The Kier molecular flexibility index (Phi) is 2.31. The van der Waals surface area contributed by atoms with Gasteiger partial charge in [-0.15, -0.1) is 10.2 Å². The molecule has 0 amide bonds. The number of aromatic nitrogens is 3. The number of rotatable bonds is 3. The molecule has 1 aromatic carbocycles. The quantitative estimate of drug-likeness (QED) is 0.673. The van der Waals surface area contributed by atoms with Gasteiger partial charge in [0, 0.05) is 6.54 Å². The Morgan fingerprint density at radius 1 is 1.21 bits per heavy atom. The Hall–Kier alpha value is -2.04. The Bertz CT molecular complexity index is 395. The van der Waals surface area contributed by atoms with Crippen molar-refractivity contribution in [2.24, 2.45) is 0 Å². The number of benzene rings is 1. The van der Waals surface area contributed by atoms with Crippen LogP contribution in [0.3, 0.4) is 0 Å². The van der Waals surface area contributed by atoms with Crippen molar-refractivity contribution in [2.45, 2.75) is 6.54 Å². The minimum absolute atomic E-state index is 0.320. The molecule has 0 aliphatic carbocycles. The molecule has 0 radical (unpaired) electrons. The van der Waals surface area contributed by atoms with Crippen molar-refractivity contribution in [2.75, 3.05) is 11.1 Å². The van der Waals surface area contributed by atoms with Gasteiger partial charge in [0.2, 0.25) is 11.9 Å². The van der Waals surface area contributed by atoms with Gasteiger partial charge >= 0.3 is 0 Å². The van der Waals surface area contributed by atoms with Gasteiger partial charge in [0.05, 0.1) is 0 Å². The number of nitrogen functional groups attached to an aromatic ring is 1. The smallest absolute Gasteiger partial charge is 0.223 e. The Balaban J connectivity index is 1.95. The summed E-state index contributed by atoms with van der Waals surface area (Å²) in [6, 6.07) is 10.0. The van der Waals surface area contributed by atoms with Crippen LogP contribution in [0, 0.1) is 0 Å². The highest BCUT2D eigenvalue weighted by Gasteiger charge is 1.97. The number of hydrogen-bond donors (Lipinski definition) is 3. The molecule has 4 N–H and O–H groups in total. The molecule has 2 rings (SSSR count). The average molecular weight is 189 g/mol. The first-order valence-electron chi connectivity index (χ1n) is 4.30. The second kappa shape index (κ2) is 3.78. The minimum atomic E-state index is 0.320. The van der Waals surface area contributed by atoms with E-state index in [1.54, 1.807) is 0 Å². The largest absolute Gasteiger partial charge is 0.368 e. The molecular weight excluding hydrogens is 178 g/mol. The van der Waals surface area contributed by atoms with E-state index in [4.69, 9.17) is 5.73 Å². The van der Waals surface area contributed by atoms with Crippen LogP contribution in [-0.4, -0.2) is 15.2 Å². The van der Waals surface area contributed by atoms with Crippen LogP contribution in [0.4, 0.5) is 11.9 Å². The average Bonchev–Trinajstić information content (AvgIpc) is 2.63. The van der Waals surface area contributed by atoms with Crippen molar-refractivity contribution < 1.29 is 0 Å². The lowest BCUT2D eigenvalue weighted by molar-refractivity contribution is 1.05. The number of anilines is 2. The molecule has 5 nitrogen and oxygen atoms in total. The number of H-pyrrole nitrogens is 1. The molecule has 0 aliphatic heterocycles. The lowest BCUT2D eigenvalue weighted by Crippen LogP contribution is -2.00. The van der Waals surface area contributed by atoms with E-state index in [0.717, 1.165) is 0 Å². The summed E-state index contributed by atoms with van der Waals surface area (Å²) in [6.07, 6.45) is 0. The molecule has 2 aromatic rings. The van der Waals surface area contributed by atoms with Crippen molar-refractivity contribution in [3.63, 3.8) is 0 Å². The maximum Gasteiger partial charge on any atom is 0.223 e. The molecule has 72 valence electrons. The Morgan fingerprint density at radius 2 is 2.00 bits per heavy atom. The maximum absolute atomic E-state index is 5.38. The van der Waals surface area contributed by atoms with Gasteiger partial charge in [-0.3, -0.25) is 4.98 Å². The summed E-state index contributed by atoms with van der Waals surface area (Å²) in [6.45, 7) is 0.704. The lowest BCUT2D eigenvalue weighted by Gasteiger charge is -2.01. The van der Waals surface area contributed by atoms with Gasteiger partial charge in [-0.05, 0) is 5.56 Å². The molecule has 0 unspecified atom stereocenters. The van der Waals surface area contributed by atoms with Crippen LogP contribution in [0.1, 0.15) is 5.56 Å². The summed E-state index contributed by atoms with van der Waals surface area (Å²) >= 11 is 0. The van der Waals surface area contributed by atoms with Gasteiger partial charge in [-0.1, -0.05) is 30.3 Å². The second-order valence-electron chi connectivity index (χ2n) is 2.90. The van der Waals surface area contributed by atoms with E-state index in [2.05, 4.69) is 20.5 Å². The van der Waals surface area contributed by atoms with Gasteiger partial charge < -0.3 is 11.1 Å². The first-order valence-corrected chi connectivity index (χ1v) is 4.30. The normalized spacial score (nSPS) is 10.0. The Labute approximate surface area is 81.4 Å². The molecule has 1 aromatic heterocycles. The lowest BCUT2D eigenvalue weighted by atomic mass is 10.2. The summed E-state index contributed by atoms with van der Waals surface area (Å²) in [7, 11) is 0. The van der Waals surface area contributed by atoms with E-state index in [9.17, 15) is 0 Å². The molecule has 0 spiro atoms. The van der Waals surface area contributed by atoms with Crippen LogP contribution < -0.4 is 11.1 Å². The SMILES string of the molecule is Nc1nnc(NCc2ccccc2)[nH]1. The van der Waals surface area contributed by atoms with E-state index in [-0.39, 0.29) is 0 Å². The van der Waals surface area contributed by atoms with Crippen molar-refractivity contribution in [1.82, 2.24) is 15.2 Å². The highest BCUT2D eigenvalue weighted by atomic mass is 15.3. The highest BCUT2D eigenvalue weighted by molar-refractivity contribution is 5.31. The molecule has 0 saturated carbocycles. The highest BCUT2D eigenvalue weighted by Crippen LogP contribution is 2.03. The van der Waals surface area contributed by atoms with E-state index in [1.165, 1.54) is 5.56 Å². The fourth-order valence-electron chi connectivity index (χ4n) is 1.14. The Morgan fingerprint density at radius 3 is 2.64 bits per heavy atom. The number of nitrogens with one attached hydrogen (secondary N) is 2. The van der Waals surface area contributed by atoms with Crippen molar-refractivity contribution in [3.8, 4) is 0 Å². The van der Waals surface area contributed by atoms with Crippen molar-refractivity contribution in [1.29, 1.82) is 0 Å². The third-order valence-electron chi connectivity index (χ3n) is 1.81. The van der Waals surface area contributed by atoms with E-state index in [1.807, 2.05) is 30.3 Å². The van der Waals surface area contributed by atoms with Gasteiger partial charge in [0.25, 0.3) is 0 Å². The number of aromatic amines is 1. The number of nitrogens with two attached hydrogens (primary N) is 1. The van der Waals surface area contributed by atoms with Gasteiger partial charge in [-0.25, -0.2) is 0 Å². The summed E-state index contributed by atoms with van der Waals surface area (Å²) in [5.74, 6) is 0.909. The molecule has 5 heteroatoms. The number of nitrogens with zero attached hydrogens (tertiary/aromatic N) is 2. The predicted molar refractivity (Wildman–Crippen MR) is 54.6 cm³/mol. The van der Waals surface area contributed by atoms with Crippen LogP contribution in [0.15, 0.2) is 30.3 Å². The van der Waals surface area contributed by atoms with Gasteiger partial charge in [-0.2, -0.15) is 0 Å². The zero-order chi connectivity index (χ0) is 9.80. The summed E-state index contributed by atoms with van der Waals surface area (Å²) in [5.41, 5.74) is 6.56. The topological polar surface area (TPSA) is 79.6 Å². The zero-order valence-electron chi connectivity index (χ0n) is 7.57. The minimum Gasteiger partial charge on any atom is -0.368 e. The van der Waals surface area contributed by atoms with Gasteiger partial charge in [0.15, 0.2) is 0 Å². The molecule has 0 atom stereocenters. The van der Waals surface area contributed by atoms with E-state index >= 15 is 0 Å². The van der Waals surface area contributed by atoms with E-state index in [0.29, 0.717) is 18.4 Å². The van der Waals surface area contributed by atoms with Crippen molar-refractivity contribution >= 4 is 11.9 Å². The maximum atomic E-state index is 5.38. The van der Waals surface area contributed by atoms with Crippen molar-refractivity contribution in [3.05, 3.63) is 35.9 Å². The number of hydrogen-bond acceptors (Lipinski definition) is 4. The molecule has 14 heavy (non-hydrogen) atoms. The summed E-state index contributed by atoms with van der Waals surface area (Å²) < 4.78 is 0. The summed E-state index contributed by atoms with van der Waals surface area (Å²) in [5, 5.41) is 10.5. The second-order valence-corrected chi connectivity index (χ2v) is 2.90.